The van der Waals surface area contributed by atoms with Gasteiger partial charge in [-0.25, -0.2) is 8.42 Å². The molecule has 1 aliphatic heterocycles. The van der Waals surface area contributed by atoms with Crippen LogP contribution in [0.5, 0.6) is 0 Å². The molecule has 24 heavy (non-hydrogen) atoms. The molecule has 1 N–H and O–H groups in total. The van der Waals surface area contributed by atoms with Crippen LogP contribution in [-0.2, 0) is 14.8 Å². The molecule has 1 amide bonds. The first-order valence-corrected chi connectivity index (χ1v) is 9.82. The van der Waals surface area contributed by atoms with Crippen molar-refractivity contribution in [1.82, 2.24) is 9.62 Å². The van der Waals surface area contributed by atoms with Gasteiger partial charge in [0.2, 0.25) is 15.9 Å². The summed E-state index contributed by atoms with van der Waals surface area (Å²) in [7, 11) is -3.83. The van der Waals surface area contributed by atoms with Crippen LogP contribution in [0.4, 0.5) is 0 Å². The van der Waals surface area contributed by atoms with Gasteiger partial charge in [0.1, 0.15) is 6.04 Å². The highest BCUT2D eigenvalue weighted by Gasteiger charge is 2.40. The maximum absolute atomic E-state index is 13.0. The van der Waals surface area contributed by atoms with Gasteiger partial charge in [0, 0.05) is 22.6 Å². The van der Waals surface area contributed by atoms with E-state index in [1.165, 1.54) is 16.4 Å². The van der Waals surface area contributed by atoms with Crippen molar-refractivity contribution < 1.29 is 13.2 Å². The van der Waals surface area contributed by atoms with Gasteiger partial charge < -0.3 is 5.32 Å². The van der Waals surface area contributed by atoms with Crippen molar-refractivity contribution >= 4 is 43.5 Å². The van der Waals surface area contributed by atoms with Crippen LogP contribution in [0.1, 0.15) is 11.6 Å². The van der Waals surface area contributed by atoms with E-state index in [1.54, 1.807) is 36.4 Å². The fraction of sp³-hybridized carbons (Fsp3) is 0.188. The number of benzene rings is 2. The lowest BCUT2D eigenvalue weighted by atomic mass is 10.0. The molecular formula is C16H14BrClN2O3S. The van der Waals surface area contributed by atoms with E-state index in [1.807, 2.05) is 0 Å². The number of hydrogen-bond acceptors (Lipinski definition) is 3. The molecule has 1 heterocycles. The maximum atomic E-state index is 13.0. The fourth-order valence-electron chi connectivity index (χ4n) is 2.64. The summed E-state index contributed by atoms with van der Waals surface area (Å²) in [5.41, 5.74) is 0.469. The molecule has 1 unspecified atom stereocenters. The Morgan fingerprint density at radius 2 is 1.79 bits per heavy atom. The third-order valence-corrected chi connectivity index (χ3v) is 6.54. The Balaban J connectivity index is 2.08. The highest BCUT2D eigenvalue weighted by molar-refractivity contribution is 9.10. The summed E-state index contributed by atoms with van der Waals surface area (Å²) in [6.45, 7) is 0.440. The molecule has 0 radical (unpaired) electrons. The SMILES string of the molecule is O=C1NCCN(S(=O)(=O)c2ccc(Br)cc2)C1c1ccccc1Cl. The molecule has 0 aromatic heterocycles. The standard InChI is InChI=1S/C16H14BrClN2O3S/c17-11-5-7-12(8-6-11)24(22,23)20-10-9-19-16(21)15(20)13-3-1-2-4-14(13)18/h1-8,15H,9-10H2,(H,19,21). The Labute approximate surface area is 153 Å². The molecule has 0 spiro atoms. The topological polar surface area (TPSA) is 66.5 Å². The Morgan fingerprint density at radius 3 is 2.46 bits per heavy atom. The number of rotatable bonds is 3. The smallest absolute Gasteiger partial charge is 0.244 e. The number of nitrogens with zero attached hydrogens (tertiary/aromatic N) is 1. The van der Waals surface area contributed by atoms with Crippen molar-refractivity contribution in [2.45, 2.75) is 10.9 Å². The van der Waals surface area contributed by atoms with E-state index < -0.39 is 16.1 Å². The summed E-state index contributed by atoms with van der Waals surface area (Å²) in [5, 5.41) is 3.07. The molecule has 2 aromatic rings. The summed E-state index contributed by atoms with van der Waals surface area (Å²) in [5.74, 6) is -0.380. The number of nitrogens with one attached hydrogen (secondary N) is 1. The van der Waals surface area contributed by atoms with E-state index in [2.05, 4.69) is 21.2 Å². The quantitative estimate of drug-likeness (QED) is 0.816. The van der Waals surface area contributed by atoms with E-state index in [9.17, 15) is 13.2 Å². The zero-order valence-electron chi connectivity index (χ0n) is 12.4. The molecule has 8 heteroatoms. The number of carbonyl (C=O) groups excluding carboxylic acids is 1. The van der Waals surface area contributed by atoms with Crippen molar-refractivity contribution in [2.75, 3.05) is 13.1 Å². The second-order valence-corrected chi connectivity index (χ2v) is 8.50. The van der Waals surface area contributed by atoms with Crippen LogP contribution in [0.2, 0.25) is 5.02 Å². The van der Waals surface area contributed by atoms with Gasteiger partial charge in [-0.2, -0.15) is 4.31 Å². The van der Waals surface area contributed by atoms with Crippen molar-refractivity contribution in [3.05, 3.63) is 63.6 Å². The van der Waals surface area contributed by atoms with E-state index in [-0.39, 0.29) is 23.9 Å². The highest BCUT2D eigenvalue weighted by Crippen LogP contribution is 2.33. The monoisotopic (exact) mass is 428 g/mol. The number of halogens is 2. The molecule has 1 saturated heterocycles. The van der Waals surface area contributed by atoms with Gasteiger partial charge in [0.05, 0.1) is 4.90 Å². The number of piperazine rings is 1. The summed E-state index contributed by atoms with van der Waals surface area (Å²) >= 11 is 9.48. The molecule has 0 bridgehead atoms. The summed E-state index contributed by atoms with van der Waals surface area (Å²) in [4.78, 5) is 12.5. The summed E-state index contributed by atoms with van der Waals surface area (Å²) in [6, 6.07) is 12.1. The van der Waals surface area contributed by atoms with Crippen LogP contribution < -0.4 is 5.32 Å². The number of sulfonamides is 1. The minimum Gasteiger partial charge on any atom is -0.353 e. The zero-order chi connectivity index (χ0) is 17.3. The molecule has 3 rings (SSSR count). The molecule has 1 aliphatic rings. The van der Waals surface area contributed by atoms with Crippen molar-refractivity contribution in [2.24, 2.45) is 0 Å². The second-order valence-electron chi connectivity index (χ2n) is 5.28. The molecular weight excluding hydrogens is 416 g/mol. The van der Waals surface area contributed by atoms with Crippen LogP contribution in [0.3, 0.4) is 0 Å². The zero-order valence-corrected chi connectivity index (χ0v) is 15.6. The van der Waals surface area contributed by atoms with Gasteiger partial charge in [-0.05, 0) is 35.9 Å². The van der Waals surface area contributed by atoms with Crippen LogP contribution in [0.15, 0.2) is 57.9 Å². The average molecular weight is 430 g/mol. The van der Waals surface area contributed by atoms with Crippen LogP contribution in [0.25, 0.3) is 0 Å². The first-order valence-electron chi connectivity index (χ1n) is 7.21. The van der Waals surface area contributed by atoms with Crippen molar-refractivity contribution in [3.63, 3.8) is 0 Å². The highest BCUT2D eigenvalue weighted by atomic mass is 79.9. The Bertz CT molecular complexity index is 871. The Kier molecular flexibility index (Phi) is 4.96. The Morgan fingerprint density at radius 1 is 1.12 bits per heavy atom. The minimum atomic E-state index is -3.83. The molecule has 5 nitrogen and oxygen atoms in total. The van der Waals surface area contributed by atoms with Crippen LogP contribution >= 0.6 is 27.5 Å². The molecule has 1 atom stereocenters. The lowest BCUT2D eigenvalue weighted by Crippen LogP contribution is -2.52. The van der Waals surface area contributed by atoms with Gasteiger partial charge in [-0.3, -0.25) is 4.79 Å². The molecule has 0 saturated carbocycles. The maximum Gasteiger partial charge on any atom is 0.244 e. The van der Waals surface area contributed by atoms with Crippen molar-refractivity contribution in [1.29, 1.82) is 0 Å². The first-order chi connectivity index (χ1) is 11.4. The van der Waals surface area contributed by atoms with Gasteiger partial charge in [0.25, 0.3) is 0 Å². The lowest BCUT2D eigenvalue weighted by Gasteiger charge is -2.34. The molecule has 0 aliphatic carbocycles. The van der Waals surface area contributed by atoms with E-state index in [0.717, 1.165) is 4.47 Å². The first kappa shape index (κ1) is 17.4. The average Bonchev–Trinajstić information content (AvgIpc) is 2.56. The second kappa shape index (κ2) is 6.84. The molecule has 126 valence electrons. The summed E-state index contributed by atoms with van der Waals surface area (Å²) < 4.78 is 28.0. The van der Waals surface area contributed by atoms with E-state index in [0.29, 0.717) is 10.6 Å². The van der Waals surface area contributed by atoms with E-state index >= 15 is 0 Å². The van der Waals surface area contributed by atoms with Gasteiger partial charge >= 0.3 is 0 Å². The Hall–Kier alpha value is -1.41. The number of carbonyl (C=O) groups is 1. The van der Waals surface area contributed by atoms with Gasteiger partial charge in [0.15, 0.2) is 0 Å². The number of hydrogen-bond donors (Lipinski definition) is 1. The predicted molar refractivity (Wildman–Crippen MR) is 95.2 cm³/mol. The van der Waals surface area contributed by atoms with Gasteiger partial charge in [-0.15, -0.1) is 0 Å². The van der Waals surface area contributed by atoms with Gasteiger partial charge in [-0.1, -0.05) is 45.7 Å². The van der Waals surface area contributed by atoms with E-state index in [4.69, 9.17) is 11.6 Å². The number of amides is 1. The predicted octanol–water partition coefficient (Wildman–Crippen LogP) is 2.96. The largest absolute Gasteiger partial charge is 0.353 e. The fourth-order valence-corrected chi connectivity index (χ4v) is 4.71. The van der Waals surface area contributed by atoms with Crippen LogP contribution in [-0.4, -0.2) is 31.7 Å². The lowest BCUT2D eigenvalue weighted by molar-refractivity contribution is -0.126. The molecule has 2 aromatic carbocycles. The third-order valence-electron chi connectivity index (χ3n) is 3.79. The normalized spacial score (nSPS) is 19.1. The van der Waals surface area contributed by atoms with Crippen molar-refractivity contribution in [3.8, 4) is 0 Å². The molecule has 1 fully saturated rings. The van der Waals surface area contributed by atoms with Crippen LogP contribution in [0, 0.1) is 0 Å². The third kappa shape index (κ3) is 3.21. The minimum absolute atomic E-state index is 0.137. The summed E-state index contributed by atoms with van der Waals surface area (Å²) in [6.07, 6.45) is 0.